The Hall–Kier alpha value is -0.960. The van der Waals surface area contributed by atoms with E-state index in [4.69, 9.17) is 4.74 Å². The fourth-order valence-electron chi connectivity index (χ4n) is 2.78. The third-order valence-corrected chi connectivity index (χ3v) is 7.34. The van der Waals surface area contributed by atoms with Crippen LogP contribution in [0, 0.1) is 5.92 Å². The Balaban J connectivity index is 1.85. The first-order valence-electron chi connectivity index (χ1n) is 7.68. The summed E-state index contributed by atoms with van der Waals surface area (Å²) in [5.74, 6) is 0.237. The van der Waals surface area contributed by atoms with Gasteiger partial charge < -0.3 is 4.74 Å². The highest BCUT2D eigenvalue weighted by atomic mass is 32.2. The van der Waals surface area contributed by atoms with Gasteiger partial charge in [-0.2, -0.15) is 4.31 Å². The molecule has 2 fully saturated rings. The van der Waals surface area contributed by atoms with Crippen molar-refractivity contribution in [3.05, 3.63) is 24.3 Å². The van der Waals surface area contributed by atoms with Gasteiger partial charge in [0, 0.05) is 25.4 Å². The molecule has 1 aliphatic heterocycles. The molecule has 1 saturated carbocycles. The molecule has 1 heterocycles. The Morgan fingerprint density at radius 1 is 1.04 bits per heavy atom. The minimum atomic E-state index is -3.60. The number of ether oxygens (including phenoxy) is 1. The number of nitrogens with zero attached hydrogens (tertiary/aromatic N) is 1. The summed E-state index contributed by atoms with van der Waals surface area (Å²) in [6.45, 7) is 1.76. The molecule has 23 heavy (non-hydrogen) atoms. The quantitative estimate of drug-likeness (QED) is 0.764. The lowest BCUT2D eigenvalue weighted by Crippen LogP contribution is -2.37. The Morgan fingerprint density at radius 2 is 1.65 bits per heavy atom. The van der Waals surface area contributed by atoms with Crippen LogP contribution in [0.2, 0.25) is 0 Å². The van der Waals surface area contributed by atoms with Gasteiger partial charge in [0.05, 0.1) is 16.4 Å². The van der Waals surface area contributed by atoms with Crippen molar-refractivity contribution in [2.75, 3.05) is 26.0 Å². The highest BCUT2D eigenvalue weighted by Gasteiger charge is 2.39. The summed E-state index contributed by atoms with van der Waals surface area (Å²) in [5, 5.41) is 0. The summed E-state index contributed by atoms with van der Waals surface area (Å²) in [5.41, 5.74) is 0. The van der Waals surface area contributed by atoms with Gasteiger partial charge in [0.25, 0.3) is 0 Å². The van der Waals surface area contributed by atoms with Crippen molar-refractivity contribution in [2.45, 2.75) is 35.1 Å². The predicted octanol–water partition coefficient (Wildman–Crippen LogP) is 1.28. The van der Waals surface area contributed by atoms with Crippen LogP contribution in [0.4, 0.5) is 0 Å². The van der Waals surface area contributed by atoms with E-state index in [1.807, 2.05) is 0 Å². The molecule has 1 aliphatic carbocycles. The Bertz CT molecular complexity index is 761. The topological polar surface area (TPSA) is 80.8 Å². The molecule has 0 amide bonds. The van der Waals surface area contributed by atoms with E-state index in [2.05, 4.69) is 0 Å². The van der Waals surface area contributed by atoms with Gasteiger partial charge in [0.1, 0.15) is 0 Å². The minimum Gasteiger partial charge on any atom is -0.381 e. The zero-order valence-corrected chi connectivity index (χ0v) is 14.6. The van der Waals surface area contributed by atoms with Gasteiger partial charge in [0.15, 0.2) is 9.84 Å². The Morgan fingerprint density at radius 3 is 2.13 bits per heavy atom. The predicted molar refractivity (Wildman–Crippen MR) is 85.4 cm³/mol. The van der Waals surface area contributed by atoms with E-state index in [0.717, 1.165) is 25.5 Å². The SMILES string of the molecule is CS(=O)(=O)c1ccc(S(=O)(=O)N(CC2CCOC2)C2CC2)cc1. The minimum absolute atomic E-state index is 0.0650. The normalized spacial score (nSPS) is 22.6. The summed E-state index contributed by atoms with van der Waals surface area (Å²) in [6, 6.07) is 5.53. The maximum Gasteiger partial charge on any atom is 0.243 e. The van der Waals surface area contributed by atoms with Crippen LogP contribution < -0.4 is 0 Å². The first-order valence-corrected chi connectivity index (χ1v) is 11.0. The van der Waals surface area contributed by atoms with Crippen LogP contribution >= 0.6 is 0 Å². The highest BCUT2D eigenvalue weighted by Crippen LogP contribution is 2.34. The number of sulfonamides is 1. The van der Waals surface area contributed by atoms with E-state index in [9.17, 15) is 16.8 Å². The average Bonchev–Trinajstić information content (AvgIpc) is 3.20. The molecule has 3 rings (SSSR count). The van der Waals surface area contributed by atoms with Gasteiger partial charge in [-0.3, -0.25) is 0 Å². The summed E-state index contributed by atoms with van der Waals surface area (Å²) < 4.78 is 55.7. The molecule has 1 atom stereocenters. The maximum atomic E-state index is 12.9. The third-order valence-electron chi connectivity index (χ3n) is 4.27. The first-order chi connectivity index (χ1) is 10.8. The molecule has 0 aromatic heterocycles. The fourth-order valence-corrected chi connectivity index (χ4v) is 5.17. The van der Waals surface area contributed by atoms with Crippen molar-refractivity contribution in [2.24, 2.45) is 5.92 Å². The van der Waals surface area contributed by atoms with E-state index in [-0.39, 0.29) is 21.8 Å². The van der Waals surface area contributed by atoms with Crippen molar-refractivity contribution in [3.63, 3.8) is 0 Å². The molecule has 2 aliphatic rings. The van der Waals surface area contributed by atoms with Crippen LogP contribution in [-0.4, -0.2) is 53.2 Å². The van der Waals surface area contributed by atoms with Crippen molar-refractivity contribution in [3.8, 4) is 0 Å². The molecule has 1 aromatic rings. The second kappa shape index (κ2) is 6.16. The van der Waals surface area contributed by atoms with Crippen LogP contribution in [-0.2, 0) is 24.6 Å². The zero-order valence-electron chi connectivity index (χ0n) is 13.0. The third kappa shape index (κ3) is 3.76. The van der Waals surface area contributed by atoms with E-state index in [0.29, 0.717) is 19.8 Å². The number of sulfone groups is 1. The van der Waals surface area contributed by atoms with E-state index in [1.165, 1.54) is 24.3 Å². The Kier molecular flexibility index (Phi) is 4.52. The number of hydrogen-bond acceptors (Lipinski definition) is 5. The van der Waals surface area contributed by atoms with Gasteiger partial charge >= 0.3 is 0 Å². The molecule has 0 bridgehead atoms. The lowest BCUT2D eigenvalue weighted by Gasteiger charge is -2.24. The molecule has 1 saturated heterocycles. The van der Waals surface area contributed by atoms with Gasteiger partial charge in [-0.25, -0.2) is 16.8 Å². The molecule has 8 heteroatoms. The van der Waals surface area contributed by atoms with Crippen molar-refractivity contribution in [1.29, 1.82) is 0 Å². The second-order valence-electron chi connectivity index (χ2n) is 6.28. The van der Waals surface area contributed by atoms with Crippen molar-refractivity contribution in [1.82, 2.24) is 4.31 Å². The molecular weight excluding hydrogens is 338 g/mol. The number of rotatable bonds is 6. The first kappa shape index (κ1) is 16.9. The monoisotopic (exact) mass is 359 g/mol. The summed E-state index contributed by atoms with van der Waals surface area (Å²) in [6.07, 6.45) is 3.75. The average molecular weight is 359 g/mol. The summed E-state index contributed by atoms with van der Waals surface area (Å²) >= 11 is 0. The Labute approximate surface area is 137 Å². The maximum absolute atomic E-state index is 12.9. The molecule has 1 unspecified atom stereocenters. The zero-order chi connectivity index (χ0) is 16.7. The van der Waals surface area contributed by atoms with Crippen LogP contribution in [0.15, 0.2) is 34.1 Å². The number of benzene rings is 1. The molecule has 1 aromatic carbocycles. The molecule has 6 nitrogen and oxygen atoms in total. The van der Waals surface area contributed by atoms with Gasteiger partial charge in [-0.1, -0.05) is 0 Å². The van der Waals surface area contributed by atoms with Crippen molar-refractivity contribution >= 4 is 19.9 Å². The smallest absolute Gasteiger partial charge is 0.243 e. The molecular formula is C15H21NO5S2. The standard InChI is InChI=1S/C15H21NO5S2/c1-22(17,18)14-4-6-15(7-5-14)23(19,20)16(13-2-3-13)10-12-8-9-21-11-12/h4-7,12-13H,2-3,8-11H2,1H3. The van der Waals surface area contributed by atoms with Gasteiger partial charge in [0.2, 0.25) is 10.0 Å². The van der Waals surface area contributed by atoms with E-state index >= 15 is 0 Å². The van der Waals surface area contributed by atoms with Gasteiger partial charge in [-0.05, 0) is 49.4 Å². The lowest BCUT2D eigenvalue weighted by atomic mass is 10.1. The molecule has 128 valence electrons. The van der Waals surface area contributed by atoms with E-state index < -0.39 is 19.9 Å². The lowest BCUT2D eigenvalue weighted by molar-refractivity contribution is 0.180. The summed E-state index contributed by atoms with van der Waals surface area (Å²) in [4.78, 5) is 0.273. The molecule has 0 spiro atoms. The van der Waals surface area contributed by atoms with Crippen molar-refractivity contribution < 1.29 is 21.6 Å². The molecule has 0 N–H and O–H groups in total. The highest BCUT2D eigenvalue weighted by molar-refractivity contribution is 7.90. The van der Waals surface area contributed by atoms with Crippen LogP contribution in [0.1, 0.15) is 19.3 Å². The second-order valence-corrected chi connectivity index (χ2v) is 10.2. The van der Waals surface area contributed by atoms with Gasteiger partial charge in [-0.15, -0.1) is 0 Å². The fraction of sp³-hybridized carbons (Fsp3) is 0.600. The van der Waals surface area contributed by atoms with Crippen LogP contribution in [0.3, 0.4) is 0 Å². The van der Waals surface area contributed by atoms with Crippen LogP contribution in [0.25, 0.3) is 0 Å². The molecule has 0 radical (unpaired) electrons. The van der Waals surface area contributed by atoms with Crippen LogP contribution in [0.5, 0.6) is 0 Å². The largest absolute Gasteiger partial charge is 0.381 e. The van der Waals surface area contributed by atoms with E-state index in [1.54, 1.807) is 4.31 Å². The number of hydrogen-bond donors (Lipinski definition) is 0. The summed E-state index contributed by atoms with van der Waals surface area (Å²) in [7, 11) is -6.94.